The Morgan fingerprint density at radius 3 is 2.62 bits per heavy atom. The van der Waals surface area contributed by atoms with Crippen molar-refractivity contribution in [2.24, 2.45) is 0 Å². The largest absolute Gasteiger partial charge is 0.491 e. The summed E-state index contributed by atoms with van der Waals surface area (Å²) in [7, 11) is 0. The molecule has 0 bridgehead atoms. The van der Waals surface area contributed by atoms with Gasteiger partial charge in [0, 0.05) is 36.3 Å². The number of aromatic nitrogens is 2. The van der Waals surface area contributed by atoms with Crippen LogP contribution in [0.15, 0.2) is 67.1 Å². The Balaban J connectivity index is 1.63. The molecular formula is C21H21N3O2. The quantitative estimate of drug-likeness (QED) is 0.735. The van der Waals surface area contributed by atoms with Gasteiger partial charge in [0.15, 0.2) is 0 Å². The molecule has 0 fully saturated rings. The van der Waals surface area contributed by atoms with Crippen molar-refractivity contribution in [1.82, 2.24) is 15.3 Å². The molecule has 0 radical (unpaired) electrons. The smallest absolute Gasteiger partial charge is 0.251 e. The lowest BCUT2D eigenvalue weighted by Gasteiger charge is -2.10. The minimum Gasteiger partial charge on any atom is -0.491 e. The van der Waals surface area contributed by atoms with E-state index in [0.717, 1.165) is 22.6 Å². The Morgan fingerprint density at radius 2 is 1.92 bits per heavy atom. The molecule has 0 aliphatic rings. The fourth-order valence-electron chi connectivity index (χ4n) is 2.50. The number of ether oxygens (including phenoxy) is 1. The summed E-state index contributed by atoms with van der Waals surface area (Å²) in [6, 6.07) is 14.8. The molecule has 2 heterocycles. The van der Waals surface area contributed by atoms with E-state index in [0.29, 0.717) is 12.1 Å². The summed E-state index contributed by atoms with van der Waals surface area (Å²) in [4.78, 5) is 20.8. The normalized spacial score (nSPS) is 10.6. The first-order chi connectivity index (χ1) is 12.6. The summed E-state index contributed by atoms with van der Waals surface area (Å²) in [6.45, 7) is 4.36. The number of hydrogen-bond donors (Lipinski definition) is 1. The molecule has 3 rings (SSSR count). The fraction of sp³-hybridized carbons (Fsp3) is 0.190. The van der Waals surface area contributed by atoms with Crippen LogP contribution in [0, 0.1) is 0 Å². The number of carbonyl (C=O) groups excluding carboxylic acids is 1. The third-order valence-electron chi connectivity index (χ3n) is 3.72. The Bertz CT molecular complexity index is 862. The monoisotopic (exact) mass is 347 g/mol. The molecule has 132 valence electrons. The first-order valence-electron chi connectivity index (χ1n) is 8.52. The lowest BCUT2D eigenvalue weighted by Crippen LogP contribution is -2.22. The number of amides is 1. The number of hydrogen-bond acceptors (Lipinski definition) is 4. The second kappa shape index (κ2) is 8.25. The standard InChI is InChI=1S/C21H21N3O2/c1-15(2)26-19-7-5-17(6-8-19)21(25)24-13-16-9-11-23-20(12-16)18-4-3-10-22-14-18/h3-12,14-15H,13H2,1-2H3,(H,24,25). The summed E-state index contributed by atoms with van der Waals surface area (Å²) in [5.41, 5.74) is 3.36. The van der Waals surface area contributed by atoms with Gasteiger partial charge in [0.2, 0.25) is 0 Å². The van der Waals surface area contributed by atoms with Gasteiger partial charge in [-0.25, -0.2) is 0 Å². The van der Waals surface area contributed by atoms with Crippen LogP contribution in [0.2, 0.25) is 0 Å². The van der Waals surface area contributed by atoms with E-state index in [1.54, 1.807) is 30.7 Å². The minimum absolute atomic E-state index is 0.107. The molecule has 0 aliphatic heterocycles. The molecule has 1 aromatic carbocycles. The summed E-state index contributed by atoms with van der Waals surface area (Å²) in [5, 5.41) is 2.93. The van der Waals surface area contributed by atoms with E-state index in [1.807, 2.05) is 50.2 Å². The van der Waals surface area contributed by atoms with E-state index in [1.165, 1.54) is 0 Å². The highest BCUT2D eigenvalue weighted by molar-refractivity contribution is 5.94. The number of pyridine rings is 2. The van der Waals surface area contributed by atoms with Gasteiger partial charge in [-0.2, -0.15) is 0 Å². The van der Waals surface area contributed by atoms with E-state index in [2.05, 4.69) is 15.3 Å². The summed E-state index contributed by atoms with van der Waals surface area (Å²) in [5.74, 6) is 0.632. The van der Waals surface area contributed by atoms with Gasteiger partial charge in [-0.15, -0.1) is 0 Å². The van der Waals surface area contributed by atoms with Gasteiger partial charge >= 0.3 is 0 Å². The van der Waals surface area contributed by atoms with E-state index in [-0.39, 0.29) is 12.0 Å². The number of carbonyl (C=O) groups is 1. The molecule has 0 atom stereocenters. The van der Waals surface area contributed by atoms with Gasteiger partial charge < -0.3 is 10.1 Å². The molecule has 26 heavy (non-hydrogen) atoms. The lowest BCUT2D eigenvalue weighted by molar-refractivity contribution is 0.0951. The molecule has 1 amide bonds. The molecule has 5 nitrogen and oxygen atoms in total. The minimum atomic E-state index is -0.124. The van der Waals surface area contributed by atoms with Gasteiger partial charge in [-0.1, -0.05) is 0 Å². The van der Waals surface area contributed by atoms with Crippen molar-refractivity contribution in [3.8, 4) is 17.0 Å². The predicted octanol–water partition coefficient (Wildman–Crippen LogP) is 3.86. The van der Waals surface area contributed by atoms with Crippen molar-refractivity contribution in [3.63, 3.8) is 0 Å². The highest BCUT2D eigenvalue weighted by atomic mass is 16.5. The van der Waals surface area contributed by atoms with Crippen LogP contribution >= 0.6 is 0 Å². The Labute approximate surface area is 153 Å². The van der Waals surface area contributed by atoms with Gasteiger partial charge in [-0.05, 0) is 67.9 Å². The number of nitrogens with one attached hydrogen (secondary N) is 1. The van der Waals surface area contributed by atoms with Crippen molar-refractivity contribution in [2.75, 3.05) is 0 Å². The third kappa shape index (κ3) is 4.66. The third-order valence-corrected chi connectivity index (χ3v) is 3.72. The maximum atomic E-state index is 12.3. The van der Waals surface area contributed by atoms with Crippen molar-refractivity contribution in [3.05, 3.63) is 78.2 Å². The van der Waals surface area contributed by atoms with Crippen LogP contribution in [0.3, 0.4) is 0 Å². The number of rotatable bonds is 6. The Kier molecular flexibility index (Phi) is 5.59. The van der Waals surface area contributed by atoms with E-state index in [4.69, 9.17) is 4.74 Å². The Hall–Kier alpha value is -3.21. The molecule has 1 N–H and O–H groups in total. The zero-order valence-corrected chi connectivity index (χ0v) is 14.8. The second-order valence-corrected chi connectivity index (χ2v) is 6.16. The van der Waals surface area contributed by atoms with Crippen LogP contribution < -0.4 is 10.1 Å². The SMILES string of the molecule is CC(C)Oc1ccc(C(=O)NCc2ccnc(-c3cccnc3)c2)cc1. The van der Waals surface area contributed by atoms with E-state index >= 15 is 0 Å². The van der Waals surface area contributed by atoms with E-state index < -0.39 is 0 Å². The molecule has 5 heteroatoms. The topological polar surface area (TPSA) is 64.1 Å². The van der Waals surface area contributed by atoms with Crippen molar-refractivity contribution < 1.29 is 9.53 Å². The zero-order chi connectivity index (χ0) is 18.4. The fourth-order valence-corrected chi connectivity index (χ4v) is 2.50. The summed E-state index contributed by atoms with van der Waals surface area (Å²) in [6.07, 6.45) is 5.34. The summed E-state index contributed by atoms with van der Waals surface area (Å²) < 4.78 is 5.59. The van der Waals surface area contributed by atoms with Crippen LogP contribution in [-0.2, 0) is 6.54 Å². The molecule has 0 aliphatic carbocycles. The molecule has 0 saturated heterocycles. The molecule has 0 spiro atoms. The molecule has 3 aromatic rings. The van der Waals surface area contributed by atoms with Crippen LogP contribution in [0.25, 0.3) is 11.3 Å². The van der Waals surface area contributed by atoms with Crippen molar-refractivity contribution >= 4 is 5.91 Å². The van der Waals surface area contributed by atoms with Crippen molar-refractivity contribution in [1.29, 1.82) is 0 Å². The van der Waals surface area contributed by atoms with Crippen LogP contribution in [-0.4, -0.2) is 22.0 Å². The first-order valence-corrected chi connectivity index (χ1v) is 8.52. The molecule has 2 aromatic heterocycles. The highest BCUT2D eigenvalue weighted by Gasteiger charge is 2.07. The van der Waals surface area contributed by atoms with Crippen LogP contribution in [0.4, 0.5) is 0 Å². The molecular weight excluding hydrogens is 326 g/mol. The summed E-state index contributed by atoms with van der Waals surface area (Å²) >= 11 is 0. The Morgan fingerprint density at radius 1 is 1.12 bits per heavy atom. The average molecular weight is 347 g/mol. The molecule has 0 unspecified atom stereocenters. The van der Waals surface area contributed by atoms with Gasteiger partial charge in [0.1, 0.15) is 5.75 Å². The maximum Gasteiger partial charge on any atom is 0.251 e. The van der Waals surface area contributed by atoms with Crippen molar-refractivity contribution in [2.45, 2.75) is 26.5 Å². The zero-order valence-electron chi connectivity index (χ0n) is 14.8. The molecule has 0 saturated carbocycles. The maximum absolute atomic E-state index is 12.3. The number of nitrogens with zero attached hydrogens (tertiary/aromatic N) is 2. The average Bonchev–Trinajstić information content (AvgIpc) is 2.67. The number of benzene rings is 1. The second-order valence-electron chi connectivity index (χ2n) is 6.16. The van der Waals surface area contributed by atoms with Gasteiger partial charge in [-0.3, -0.25) is 14.8 Å². The van der Waals surface area contributed by atoms with Crippen LogP contribution in [0.5, 0.6) is 5.75 Å². The lowest BCUT2D eigenvalue weighted by atomic mass is 10.1. The van der Waals surface area contributed by atoms with E-state index in [9.17, 15) is 4.79 Å². The first kappa shape index (κ1) is 17.6. The predicted molar refractivity (Wildman–Crippen MR) is 101 cm³/mol. The van der Waals surface area contributed by atoms with Gasteiger partial charge in [0.25, 0.3) is 5.91 Å². The van der Waals surface area contributed by atoms with Crippen LogP contribution in [0.1, 0.15) is 29.8 Å². The highest BCUT2D eigenvalue weighted by Crippen LogP contribution is 2.17. The van der Waals surface area contributed by atoms with Gasteiger partial charge in [0.05, 0.1) is 11.8 Å².